The summed E-state index contributed by atoms with van der Waals surface area (Å²) < 4.78 is 5.93. The molecule has 0 saturated heterocycles. The molecule has 0 radical (unpaired) electrons. The monoisotopic (exact) mass is 542 g/mol. The lowest BCUT2D eigenvalue weighted by Gasteiger charge is -2.18. The molecule has 11 heteroatoms. The van der Waals surface area contributed by atoms with Crippen molar-refractivity contribution in [1.29, 1.82) is 5.41 Å². The summed E-state index contributed by atoms with van der Waals surface area (Å²) in [6.45, 7) is 0.978. The predicted molar refractivity (Wildman–Crippen MR) is 148 cm³/mol. The first-order valence-electron chi connectivity index (χ1n) is 11.3. The zero-order valence-electron chi connectivity index (χ0n) is 20.9. The highest BCUT2D eigenvalue weighted by Gasteiger charge is 2.20. The largest absolute Gasteiger partial charge is 0.491 e. The molecule has 1 heterocycles. The van der Waals surface area contributed by atoms with Gasteiger partial charge in [0.2, 0.25) is 0 Å². The third-order valence-corrected chi connectivity index (χ3v) is 5.65. The predicted octanol–water partition coefficient (Wildman–Crippen LogP) is 4.72. The summed E-state index contributed by atoms with van der Waals surface area (Å²) >= 11 is 12.0. The van der Waals surface area contributed by atoms with E-state index in [2.05, 4.69) is 15.6 Å². The number of anilines is 2. The van der Waals surface area contributed by atoms with Crippen LogP contribution in [0, 0.1) is 5.41 Å². The maximum absolute atomic E-state index is 13.3. The third-order valence-electron chi connectivity index (χ3n) is 5.19. The van der Waals surface area contributed by atoms with Gasteiger partial charge >= 0.3 is 0 Å². The lowest BCUT2D eigenvalue weighted by Crippen LogP contribution is -2.24. The summed E-state index contributed by atoms with van der Waals surface area (Å²) in [7, 11) is 7.37. The number of likely N-dealkylation sites (N-methyl/N-ethyl adjacent to an activating group) is 1. The van der Waals surface area contributed by atoms with Crippen LogP contribution < -0.4 is 15.4 Å². The first kappa shape index (κ1) is 27.9. The van der Waals surface area contributed by atoms with Crippen molar-refractivity contribution >= 4 is 52.4 Å². The van der Waals surface area contributed by atoms with Gasteiger partial charge < -0.3 is 25.2 Å². The smallest absolute Gasteiger partial charge is 0.259 e. The van der Waals surface area contributed by atoms with E-state index in [-0.39, 0.29) is 22.6 Å². The Balaban J connectivity index is 1.89. The van der Waals surface area contributed by atoms with Crippen LogP contribution in [0.2, 0.25) is 10.0 Å². The fourth-order valence-corrected chi connectivity index (χ4v) is 3.49. The molecule has 194 valence electrons. The first-order chi connectivity index (χ1) is 17.5. The van der Waals surface area contributed by atoms with E-state index in [0.717, 1.165) is 0 Å². The molecule has 3 rings (SSSR count). The van der Waals surface area contributed by atoms with Crippen molar-refractivity contribution in [2.75, 3.05) is 52.0 Å². The fraction of sp³-hybridized carbons (Fsp3) is 0.231. The molecule has 3 aromatic rings. The van der Waals surface area contributed by atoms with Crippen molar-refractivity contribution < 1.29 is 14.3 Å². The van der Waals surface area contributed by atoms with Gasteiger partial charge in [0.15, 0.2) is 0 Å². The number of amidine groups is 1. The third kappa shape index (κ3) is 7.66. The Morgan fingerprint density at radius 1 is 0.919 bits per heavy atom. The van der Waals surface area contributed by atoms with Gasteiger partial charge in [-0.05, 0) is 56.6 Å². The summed E-state index contributed by atoms with van der Waals surface area (Å²) in [4.78, 5) is 34.0. The van der Waals surface area contributed by atoms with Crippen LogP contribution in [0.4, 0.5) is 11.5 Å². The standard InChI is InChI=1S/C26H28Cl2N6O3/c1-33(2)11-12-37-22-13-16(24(29)34(3)4)5-8-19(22)25(35)31-21-9-6-17(27)14-20(21)26(36)32-23-10-7-18(28)15-30-23/h5-10,13-15,29H,11-12H2,1-4H3,(H,31,35)(H,30,32,36). The molecule has 2 amide bonds. The number of pyridine rings is 1. The van der Waals surface area contributed by atoms with Crippen LogP contribution in [0.3, 0.4) is 0 Å². The van der Waals surface area contributed by atoms with Gasteiger partial charge in [-0.1, -0.05) is 29.3 Å². The van der Waals surface area contributed by atoms with Gasteiger partial charge in [0, 0.05) is 37.4 Å². The molecule has 0 atom stereocenters. The van der Waals surface area contributed by atoms with Crippen molar-refractivity contribution in [1.82, 2.24) is 14.8 Å². The van der Waals surface area contributed by atoms with E-state index in [4.69, 9.17) is 33.3 Å². The van der Waals surface area contributed by atoms with Crippen LogP contribution in [-0.4, -0.2) is 73.8 Å². The van der Waals surface area contributed by atoms with E-state index >= 15 is 0 Å². The number of carbonyl (C=O) groups is 2. The first-order valence-corrected chi connectivity index (χ1v) is 12.0. The number of amides is 2. The number of aromatic nitrogens is 1. The Morgan fingerprint density at radius 2 is 1.62 bits per heavy atom. The van der Waals surface area contributed by atoms with E-state index in [9.17, 15) is 9.59 Å². The highest BCUT2D eigenvalue weighted by atomic mass is 35.5. The number of hydrogen-bond acceptors (Lipinski definition) is 6. The summed E-state index contributed by atoms with van der Waals surface area (Å²) in [5.74, 6) is -0.0959. The number of halogens is 2. The molecule has 0 aliphatic carbocycles. The number of benzene rings is 2. The average Bonchev–Trinajstić information content (AvgIpc) is 2.85. The Hall–Kier alpha value is -3.66. The Bertz CT molecular complexity index is 1300. The second kappa shape index (κ2) is 12.5. The normalized spacial score (nSPS) is 10.7. The fourth-order valence-electron chi connectivity index (χ4n) is 3.21. The maximum Gasteiger partial charge on any atom is 0.259 e. The van der Waals surface area contributed by atoms with Crippen molar-refractivity contribution in [2.45, 2.75) is 0 Å². The Morgan fingerprint density at radius 3 is 2.27 bits per heavy atom. The molecule has 0 spiro atoms. The molecule has 37 heavy (non-hydrogen) atoms. The molecular weight excluding hydrogens is 515 g/mol. The van der Waals surface area contributed by atoms with Gasteiger partial charge in [-0.15, -0.1) is 0 Å². The van der Waals surface area contributed by atoms with Gasteiger partial charge in [-0.25, -0.2) is 4.98 Å². The van der Waals surface area contributed by atoms with Crippen LogP contribution in [-0.2, 0) is 0 Å². The summed E-state index contributed by atoms with van der Waals surface area (Å²) in [6, 6.07) is 12.7. The lowest BCUT2D eigenvalue weighted by molar-refractivity contribution is 0.102. The number of carbonyl (C=O) groups excluding carboxylic acids is 2. The quantitative estimate of drug-likeness (QED) is 0.266. The number of rotatable bonds is 9. The van der Waals surface area contributed by atoms with Crippen molar-refractivity contribution in [3.05, 3.63) is 81.5 Å². The Labute approximate surface area is 225 Å². The SMILES string of the molecule is CN(C)CCOc1cc(C(=N)N(C)C)ccc1C(=O)Nc1ccc(Cl)cc1C(=O)Nc1ccc(Cl)cn1. The van der Waals surface area contributed by atoms with Gasteiger partial charge in [0.1, 0.15) is 24.0 Å². The molecule has 0 aliphatic rings. The molecule has 0 unspecified atom stereocenters. The number of ether oxygens (including phenoxy) is 1. The van der Waals surface area contributed by atoms with E-state index in [1.54, 1.807) is 61.5 Å². The molecule has 0 bridgehead atoms. The summed E-state index contributed by atoms with van der Waals surface area (Å²) in [6.07, 6.45) is 1.41. The van der Waals surface area contributed by atoms with Gasteiger partial charge in [0.25, 0.3) is 11.8 Å². The van der Waals surface area contributed by atoms with Gasteiger partial charge in [-0.3, -0.25) is 15.0 Å². The molecule has 0 aliphatic heterocycles. The van der Waals surface area contributed by atoms with Crippen LogP contribution in [0.5, 0.6) is 5.75 Å². The van der Waals surface area contributed by atoms with E-state index in [1.807, 2.05) is 19.0 Å². The van der Waals surface area contributed by atoms with Crippen LogP contribution in [0.1, 0.15) is 26.3 Å². The van der Waals surface area contributed by atoms with Crippen molar-refractivity contribution in [3.63, 3.8) is 0 Å². The average molecular weight is 543 g/mol. The number of hydrogen-bond donors (Lipinski definition) is 3. The topological polar surface area (TPSA) is 111 Å². The molecular formula is C26H28Cl2N6O3. The van der Waals surface area contributed by atoms with Gasteiger partial charge in [0.05, 0.1) is 21.8 Å². The number of nitrogens with zero attached hydrogens (tertiary/aromatic N) is 3. The number of nitrogens with one attached hydrogen (secondary N) is 3. The van der Waals surface area contributed by atoms with Crippen LogP contribution in [0.25, 0.3) is 0 Å². The Kier molecular flexibility index (Phi) is 9.46. The molecule has 2 aromatic carbocycles. The van der Waals surface area contributed by atoms with E-state index in [1.165, 1.54) is 12.3 Å². The molecule has 9 nitrogen and oxygen atoms in total. The highest BCUT2D eigenvalue weighted by Crippen LogP contribution is 2.26. The second-order valence-electron chi connectivity index (χ2n) is 8.57. The van der Waals surface area contributed by atoms with E-state index in [0.29, 0.717) is 40.3 Å². The van der Waals surface area contributed by atoms with Crippen LogP contribution in [0.15, 0.2) is 54.7 Å². The van der Waals surface area contributed by atoms with Gasteiger partial charge in [-0.2, -0.15) is 0 Å². The molecule has 0 fully saturated rings. The highest BCUT2D eigenvalue weighted by molar-refractivity contribution is 6.31. The minimum Gasteiger partial charge on any atom is -0.491 e. The minimum atomic E-state index is -0.509. The molecule has 3 N–H and O–H groups in total. The zero-order chi connectivity index (χ0) is 27.1. The zero-order valence-corrected chi connectivity index (χ0v) is 22.4. The van der Waals surface area contributed by atoms with Crippen LogP contribution >= 0.6 is 23.2 Å². The maximum atomic E-state index is 13.3. The summed E-state index contributed by atoms with van der Waals surface area (Å²) in [5, 5.41) is 14.5. The summed E-state index contributed by atoms with van der Waals surface area (Å²) in [5.41, 5.74) is 1.27. The van der Waals surface area contributed by atoms with Crippen molar-refractivity contribution in [2.24, 2.45) is 0 Å². The lowest BCUT2D eigenvalue weighted by atomic mass is 10.1. The second-order valence-corrected chi connectivity index (χ2v) is 9.44. The minimum absolute atomic E-state index is 0.152. The van der Waals surface area contributed by atoms with E-state index < -0.39 is 11.8 Å². The van der Waals surface area contributed by atoms with Crippen molar-refractivity contribution in [3.8, 4) is 5.75 Å². The molecule has 0 saturated carbocycles. The molecule has 1 aromatic heterocycles.